The van der Waals surface area contributed by atoms with Crippen molar-refractivity contribution in [2.45, 2.75) is 5.92 Å². The molecule has 6 nitrogen and oxygen atoms in total. The molecule has 35 heavy (non-hydrogen) atoms. The molecule has 0 N–H and O–H groups in total. The van der Waals surface area contributed by atoms with Crippen LogP contribution in [0.15, 0.2) is 97.3 Å². The molecule has 1 aliphatic heterocycles. The Bertz CT molecular complexity index is 1730. The zero-order valence-corrected chi connectivity index (χ0v) is 18.9. The van der Waals surface area contributed by atoms with Gasteiger partial charge in [-0.05, 0) is 34.5 Å². The van der Waals surface area contributed by atoms with Gasteiger partial charge in [-0.3, -0.25) is 0 Å². The normalized spacial score (nSPS) is 14.4. The minimum atomic E-state index is -0.119. The summed E-state index contributed by atoms with van der Waals surface area (Å²) in [6, 6.07) is 30.7. The number of fused-ring (bicyclic) bond motifs is 6. The molecule has 0 fully saturated rings. The fourth-order valence-electron chi connectivity index (χ4n) is 5.03. The third kappa shape index (κ3) is 3.00. The molecule has 168 valence electrons. The number of aromatic nitrogens is 4. The first-order valence-corrected chi connectivity index (χ1v) is 11.4. The van der Waals surface area contributed by atoms with Crippen LogP contribution in [0.4, 0.5) is 0 Å². The van der Waals surface area contributed by atoms with Gasteiger partial charge in [0.05, 0.1) is 18.2 Å². The highest BCUT2D eigenvalue weighted by molar-refractivity contribution is 5.91. The second kappa shape index (κ2) is 7.67. The molecule has 0 bridgehead atoms. The summed E-state index contributed by atoms with van der Waals surface area (Å²) in [5, 5.41) is 7.06. The monoisotopic (exact) mass is 456 g/mol. The Hall–Kier alpha value is -4.71. The molecule has 3 heterocycles. The summed E-state index contributed by atoms with van der Waals surface area (Å²) in [4.78, 5) is 9.64. The molecule has 0 saturated heterocycles. The maximum Gasteiger partial charge on any atom is 0.228 e. The Morgan fingerprint density at radius 3 is 2.51 bits per heavy atom. The lowest BCUT2D eigenvalue weighted by Crippen LogP contribution is -2.15. The largest absolute Gasteiger partial charge is 0.496 e. The number of para-hydroxylation sites is 1. The Labute approximate surface area is 201 Å². The summed E-state index contributed by atoms with van der Waals surface area (Å²) < 4.78 is 13.7. The van der Waals surface area contributed by atoms with Crippen molar-refractivity contribution in [2.75, 3.05) is 7.11 Å². The third-order valence-corrected chi connectivity index (χ3v) is 6.58. The fraction of sp³-hybridized carbons (Fsp3) is 0.0690. The highest BCUT2D eigenvalue weighted by atomic mass is 16.5. The van der Waals surface area contributed by atoms with Gasteiger partial charge in [-0.2, -0.15) is 0 Å². The number of ether oxygens (including phenoxy) is 2. The lowest BCUT2D eigenvalue weighted by Gasteiger charge is -2.29. The van der Waals surface area contributed by atoms with Crippen molar-refractivity contribution in [1.29, 1.82) is 0 Å². The maximum atomic E-state index is 6.39. The predicted molar refractivity (Wildman–Crippen MR) is 134 cm³/mol. The van der Waals surface area contributed by atoms with Gasteiger partial charge in [0.2, 0.25) is 5.88 Å². The Kier molecular flexibility index (Phi) is 4.32. The van der Waals surface area contributed by atoms with Gasteiger partial charge in [-0.15, -0.1) is 5.10 Å². The van der Waals surface area contributed by atoms with E-state index in [9.17, 15) is 0 Å². The molecule has 2 aromatic heterocycles. The zero-order valence-electron chi connectivity index (χ0n) is 18.9. The van der Waals surface area contributed by atoms with Crippen LogP contribution >= 0.6 is 0 Å². The van der Waals surface area contributed by atoms with Crippen LogP contribution in [0.3, 0.4) is 0 Å². The molecule has 1 atom stereocenters. The lowest BCUT2D eigenvalue weighted by molar-refractivity contribution is 0.416. The number of hydrogen-bond donors (Lipinski definition) is 0. The van der Waals surface area contributed by atoms with E-state index in [-0.39, 0.29) is 5.92 Å². The van der Waals surface area contributed by atoms with Gasteiger partial charge >= 0.3 is 0 Å². The van der Waals surface area contributed by atoms with Crippen LogP contribution in [0.5, 0.6) is 17.4 Å². The predicted octanol–water partition coefficient (Wildman–Crippen LogP) is 6.24. The van der Waals surface area contributed by atoms with Crippen LogP contribution in [-0.2, 0) is 0 Å². The third-order valence-electron chi connectivity index (χ3n) is 6.58. The van der Waals surface area contributed by atoms with E-state index in [1.807, 2.05) is 36.4 Å². The molecule has 0 aliphatic carbocycles. The van der Waals surface area contributed by atoms with E-state index in [0.717, 1.165) is 44.5 Å². The molecule has 0 saturated carbocycles. The van der Waals surface area contributed by atoms with E-state index < -0.39 is 0 Å². The van der Waals surface area contributed by atoms with Crippen LogP contribution in [0, 0.1) is 0 Å². The summed E-state index contributed by atoms with van der Waals surface area (Å²) in [6.45, 7) is 0. The van der Waals surface area contributed by atoms with Gasteiger partial charge < -0.3 is 9.47 Å². The van der Waals surface area contributed by atoms with E-state index in [1.165, 1.54) is 0 Å². The summed E-state index contributed by atoms with van der Waals surface area (Å²) in [5.74, 6) is 2.54. The molecule has 6 aromatic rings. The highest BCUT2D eigenvalue weighted by Gasteiger charge is 2.34. The first kappa shape index (κ1) is 19.7. The van der Waals surface area contributed by atoms with Crippen molar-refractivity contribution in [3.05, 3.63) is 114 Å². The lowest BCUT2D eigenvalue weighted by atomic mass is 9.81. The van der Waals surface area contributed by atoms with E-state index in [4.69, 9.17) is 19.6 Å². The molecular formula is C29H20N4O2. The SMILES string of the molecule is COc1ccccc1-c1nc2c3c(ncn2n1)Oc1ccc2ccccc2c1[C@H]3c1ccccc1. The average Bonchev–Trinajstić information content (AvgIpc) is 3.36. The number of rotatable bonds is 3. The molecule has 1 aliphatic rings. The Balaban J connectivity index is 1.54. The first-order valence-electron chi connectivity index (χ1n) is 11.4. The number of nitrogens with zero attached hydrogens (tertiary/aromatic N) is 4. The Morgan fingerprint density at radius 2 is 1.63 bits per heavy atom. The van der Waals surface area contributed by atoms with Crippen molar-refractivity contribution < 1.29 is 9.47 Å². The van der Waals surface area contributed by atoms with Crippen LogP contribution in [-0.4, -0.2) is 26.7 Å². The maximum absolute atomic E-state index is 6.39. The van der Waals surface area contributed by atoms with E-state index in [1.54, 1.807) is 18.0 Å². The van der Waals surface area contributed by atoms with E-state index in [2.05, 4.69) is 59.6 Å². The second-order valence-corrected chi connectivity index (χ2v) is 8.51. The molecule has 0 unspecified atom stereocenters. The number of benzene rings is 4. The van der Waals surface area contributed by atoms with Gasteiger partial charge in [-0.1, -0.05) is 72.8 Å². The molecule has 6 heteroatoms. The fourth-order valence-corrected chi connectivity index (χ4v) is 5.03. The van der Waals surface area contributed by atoms with Crippen LogP contribution in [0.2, 0.25) is 0 Å². The summed E-state index contributed by atoms with van der Waals surface area (Å²) >= 11 is 0. The molecule has 7 rings (SSSR count). The van der Waals surface area contributed by atoms with Crippen molar-refractivity contribution >= 4 is 16.4 Å². The molecule has 4 aromatic carbocycles. The standard InChI is InChI=1S/C29H20N4O2/c1-34-22-14-8-7-13-21(22)27-31-28-26-24(19-10-3-2-4-11-19)25-20-12-6-5-9-18(20)15-16-23(25)35-29(26)30-17-33(28)32-27/h2-17,24H,1H3/t24-/m1/s1. The molecule has 0 amide bonds. The van der Waals surface area contributed by atoms with Gasteiger partial charge in [0.25, 0.3) is 0 Å². The van der Waals surface area contributed by atoms with E-state index in [0.29, 0.717) is 17.4 Å². The Morgan fingerprint density at radius 1 is 0.829 bits per heavy atom. The highest BCUT2D eigenvalue weighted by Crippen LogP contribution is 2.50. The van der Waals surface area contributed by atoms with Crippen molar-refractivity contribution in [1.82, 2.24) is 19.6 Å². The minimum Gasteiger partial charge on any atom is -0.496 e. The quantitative estimate of drug-likeness (QED) is 0.315. The minimum absolute atomic E-state index is 0.119. The van der Waals surface area contributed by atoms with Gasteiger partial charge in [0.1, 0.15) is 17.8 Å². The summed E-state index contributed by atoms with van der Waals surface area (Å²) in [7, 11) is 1.65. The zero-order chi connectivity index (χ0) is 23.4. The summed E-state index contributed by atoms with van der Waals surface area (Å²) in [6.07, 6.45) is 1.66. The summed E-state index contributed by atoms with van der Waals surface area (Å²) in [5.41, 5.74) is 4.69. The van der Waals surface area contributed by atoms with Crippen molar-refractivity contribution in [3.63, 3.8) is 0 Å². The second-order valence-electron chi connectivity index (χ2n) is 8.51. The van der Waals surface area contributed by atoms with Crippen molar-refractivity contribution in [2.24, 2.45) is 0 Å². The van der Waals surface area contributed by atoms with Crippen molar-refractivity contribution in [3.8, 4) is 28.8 Å². The first-order chi connectivity index (χ1) is 17.3. The van der Waals surface area contributed by atoms with Crippen LogP contribution in [0.25, 0.3) is 27.8 Å². The molecular weight excluding hydrogens is 436 g/mol. The van der Waals surface area contributed by atoms with Crippen LogP contribution < -0.4 is 9.47 Å². The number of methoxy groups -OCH3 is 1. The van der Waals surface area contributed by atoms with Gasteiger partial charge in [0, 0.05) is 11.5 Å². The topological polar surface area (TPSA) is 61.5 Å². The number of hydrogen-bond acceptors (Lipinski definition) is 5. The van der Waals surface area contributed by atoms with Crippen LogP contribution in [0.1, 0.15) is 22.6 Å². The smallest absolute Gasteiger partial charge is 0.228 e. The average molecular weight is 457 g/mol. The molecule has 0 spiro atoms. The molecule has 0 radical (unpaired) electrons. The van der Waals surface area contributed by atoms with E-state index >= 15 is 0 Å². The van der Waals surface area contributed by atoms with Gasteiger partial charge in [-0.25, -0.2) is 14.5 Å². The van der Waals surface area contributed by atoms with Gasteiger partial charge in [0.15, 0.2) is 11.5 Å².